The van der Waals surface area contributed by atoms with Crippen LogP contribution in [0, 0.1) is 5.41 Å². The van der Waals surface area contributed by atoms with Crippen molar-refractivity contribution in [3.8, 4) is 0 Å². The molecule has 1 N–H and O–H groups in total. The Kier molecular flexibility index (Phi) is 8.00. The van der Waals surface area contributed by atoms with Gasteiger partial charge in [0.1, 0.15) is 0 Å². The number of nitrogens with zero attached hydrogens (tertiary/aromatic N) is 1. The normalized spacial score (nSPS) is 20.9. The molecule has 4 nitrogen and oxygen atoms in total. The summed E-state index contributed by atoms with van der Waals surface area (Å²) in [6.45, 7) is 10.2. The van der Waals surface area contributed by atoms with Crippen molar-refractivity contribution in [2.75, 3.05) is 0 Å². The molecule has 1 aliphatic rings. The Morgan fingerprint density at radius 2 is 1.81 bits per heavy atom. The van der Waals surface area contributed by atoms with Gasteiger partial charge in [-0.2, -0.15) is 0 Å². The van der Waals surface area contributed by atoms with Gasteiger partial charge >= 0.3 is 6.09 Å². The van der Waals surface area contributed by atoms with E-state index in [0.717, 1.165) is 55.0 Å². The highest BCUT2D eigenvalue weighted by Gasteiger charge is 2.45. The van der Waals surface area contributed by atoms with Crippen molar-refractivity contribution in [2.24, 2.45) is 5.41 Å². The molecule has 0 saturated heterocycles. The molecule has 0 bridgehead atoms. The van der Waals surface area contributed by atoms with Crippen LogP contribution in [0.4, 0.5) is 4.79 Å². The smallest absolute Gasteiger partial charge is 0.415 e. The monoisotopic (exact) mass is 437 g/mol. The third kappa shape index (κ3) is 5.01. The molecule has 0 spiro atoms. The van der Waals surface area contributed by atoms with Crippen LogP contribution in [0.2, 0.25) is 0 Å². The number of amides is 1. The molecule has 174 valence electrons. The van der Waals surface area contributed by atoms with E-state index in [1.165, 1.54) is 5.39 Å². The first-order valence-electron chi connectivity index (χ1n) is 12.2. The number of aliphatic hydroxyl groups is 1. The van der Waals surface area contributed by atoms with Crippen LogP contribution in [0.25, 0.3) is 10.8 Å². The average Bonchev–Trinajstić information content (AvgIpc) is 3.18. The topological polar surface area (TPSA) is 49.8 Å². The van der Waals surface area contributed by atoms with Crippen LogP contribution in [-0.2, 0) is 4.74 Å². The van der Waals surface area contributed by atoms with Crippen LogP contribution < -0.4 is 0 Å². The number of ether oxygens (including phenoxy) is 1. The van der Waals surface area contributed by atoms with Gasteiger partial charge in [0, 0.05) is 17.5 Å². The average molecular weight is 438 g/mol. The van der Waals surface area contributed by atoms with Gasteiger partial charge in [-0.3, -0.25) is 0 Å². The second-order valence-electron chi connectivity index (χ2n) is 9.74. The van der Waals surface area contributed by atoms with Crippen LogP contribution >= 0.6 is 0 Å². The zero-order valence-corrected chi connectivity index (χ0v) is 20.3. The number of hydrogen-bond acceptors (Lipinski definition) is 3. The molecule has 1 aliphatic carbocycles. The van der Waals surface area contributed by atoms with Crippen molar-refractivity contribution in [1.82, 2.24) is 4.90 Å². The summed E-state index contributed by atoms with van der Waals surface area (Å²) in [6.07, 6.45) is 6.44. The van der Waals surface area contributed by atoms with Crippen molar-refractivity contribution in [3.63, 3.8) is 0 Å². The van der Waals surface area contributed by atoms with E-state index in [0.29, 0.717) is 0 Å². The Hall–Kier alpha value is -2.33. The van der Waals surface area contributed by atoms with Crippen molar-refractivity contribution >= 4 is 16.9 Å². The zero-order chi connectivity index (χ0) is 23.3. The molecule has 4 heteroatoms. The number of aliphatic hydroxyl groups excluding tert-OH is 1. The molecular weight excluding hydrogens is 398 g/mol. The van der Waals surface area contributed by atoms with Gasteiger partial charge in [-0.05, 0) is 81.4 Å². The number of benzene rings is 2. The highest BCUT2D eigenvalue weighted by atomic mass is 16.5. The second kappa shape index (κ2) is 10.5. The van der Waals surface area contributed by atoms with E-state index in [-0.39, 0.29) is 23.6 Å². The molecule has 2 aromatic carbocycles. The lowest BCUT2D eigenvalue weighted by Crippen LogP contribution is -2.41. The minimum atomic E-state index is -0.627. The van der Waals surface area contributed by atoms with E-state index >= 15 is 0 Å². The lowest BCUT2D eigenvalue weighted by Gasteiger charge is -2.36. The van der Waals surface area contributed by atoms with Crippen molar-refractivity contribution in [2.45, 2.75) is 91.3 Å². The van der Waals surface area contributed by atoms with Crippen LogP contribution in [0.3, 0.4) is 0 Å². The van der Waals surface area contributed by atoms with Gasteiger partial charge in [-0.25, -0.2) is 4.79 Å². The van der Waals surface area contributed by atoms with E-state index < -0.39 is 6.10 Å². The first-order valence-corrected chi connectivity index (χ1v) is 12.2. The molecule has 1 amide bonds. The zero-order valence-electron chi connectivity index (χ0n) is 20.3. The number of rotatable bonds is 8. The lowest BCUT2D eigenvalue weighted by molar-refractivity contribution is 0.0423. The van der Waals surface area contributed by atoms with Gasteiger partial charge in [0.05, 0.1) is 12.4 Å². The highest BCUT2D eigenvalue weighted by Crippen LogP contribution is 2.54. The van der Waals surface area contributed by atoms with E-state index in [1.54, 1.807) is 11.2 Å². The predicted molar refractivity (Wildman–Crippen MR) is 131 cm³/mol. The molecule has 3 rings (SSSR count). The van der Waals surface area contributed by atoms with E-state index in [2.05, 4.69) is 31.2 Å². The molecule has 2 atom stereocenters. The quantitative estimate of drug-likeness (QED) is 0.439. The third-order valence-corrected chi connectivity index (χ3v) is 6.92. The van der Waals surface area contributed by atoms with Crippen molar-refractivity contribution in [1.29, 1.82) is 0 Å². The van der Waals surface area contributed by atoms with E-state index in [4.69, 9.17) is 4.74 Å². The Morgan fingerprint density at radius 3 is 2.47 bits per heavy atom. The summed E-state index contributed by atoms with van der Waals surface area (Å²) in [5.41, 5.74) is 1.61. The maximum Gasteiger partial charge on any atom is 0.415 e. The molecule has 32 heavy (non-hydrogen) atoms. The van der Waals surface area contributed by atoms with Gasteiger partial charge < -0.3 is 14.7 Å². The molecule has 0 aromatic heterocycles. The number of carbonyl (C=O) groups is 1. The van der Waals surface area contributed by atoms with Crippen LogP contribution in [-0.4, -0.2) is 28.2 Å². The number of unbranched alkanes of at least 4 members (excludes halogenated alkanes) is 1. The number of fused-ring (bicyclic) bond motifs is 1. The SMILES string of the molecule is CCCC[C@@]1([C@@H](O)c2ccc3ccccc3c2)CCC/C1=C/OC(=O)N(C(C)C)C(C)C. The van der Waals surface area contributed by atoms with Gasteiger partial charge in [0.15, 0.2) is 0 Å². The molecule has 0 radical (unpaired) electrons. The minimum absolute atomic E-state index is 0.0671. The lowest BCUT2D eigenvalue weighted by atomic mass is 9.71. The van der Waals surface area contributed by atoms with Crippen molar-refractivity contribution < 1.29 is 14.6 Å². The minimum Gasteiger partial charge on any atom is -0.418 e. The fourth-order valence-electron chi connectivity index (χ4n) is 5.30. The fourth-order valence-corrected chi connectivity index (χ4v) is 5.30. The summed E-state index contributed by atoms with van der Waals surface area (Å²) >= 11 is 0. The molecule has 0 heterocycles. The third-order valence-electron chi connectivity index (χ3n) is 6.92. The first-order chi connectivity index (χ1) is 15.3. The molecule has 2 aromatic rings. The van der Waals surface area contributed by atoms with Gasteiger partial charge in [0.2, 0.25) is 0 Å². The summed E-state index contributed by atoms with van der Waals surface area (Å²) in [6, 6.07) is 14.6. The fraction of sp³-hybridized carbons (Fsp3) is 0.536. The standard InChI is InChI=1S/C28H39NO3/c1-6-7-16-28(26(30)24-15-14-22-11-8-9-12-23(22)18-24)17-10-13-25(28)19-32-27(31)29(20(2)3)21(4)5/h8-9,11-12,14-15,18-21,26,30H,6-7,10,13,16-17H2,1-5H3/b25-19-/t26-,28+/m0/s1. The summed E-state index contributed by atoms with van der Waals surface area (Å²) in [7, 11) is 0. The Labute approximate surface area is 193 Å². The first kappa shape index (κ1) is 24.3. The largest absolute Gasteiger partial charge is 0.418 e. The van der Waals surface area contributed by atoms with Gasteiger partial charge in [0.25, 0.3) is 0 Å². The molecule has 0 aliphatic heterocycles. The second-order valence-corrected chi connectivity index (χ2v) is 9.74. The number of carbonyl (C=O) groups excluding carboxylic acids is 1. The summed E-state index contributed by atoms with van der Waals surface area (Å²) in [4.78, 5) is 14.5. The highest BCUT2D eigenvalue weighted by molar-refractivity contribution is 5.83. The van der Waals surface area contributed by atoms with Crippen LogP contribution in [0.5, 0.6) is 0 Å². The van der Waals surface area contributed by atoms with E-state index in [1.807, 2.05) is 45.9 Å². The Balaban J connectivity index is 1.92. The predicted octanol–water partition coefficient (Wildman–Crippen LogP) is 7.37. The molecule has 0 unspecified atom stereocenters. The van der Waals surface area contributed by atoms with Crippen molar-refractivity contribution in [3.05, 3.63) is 59.9 Å². The maximum atomic E-state index is 12.8. The summed E-state index contributed by atoms with van der Waals surface area (Å²) < 4.78 is 5.72. The van der Waals surface area contributed by atoms with E-state index in [9.17, 15) is 9.90 Å². The Morgan fingerprint density at radius 1 is 1.12 bits per heavy atom. The van der Waals surface area contributed by atoms with Gasteiger partial charge in [-0.1, -0.05) is 56.2 Å². The molecular formula is C28H39NO3. The molecule has 1 saturated carbocycles. The maximum absolute atomic E-state index is 12.8. The van der Waals surface area contributed by atoms with Gasteiger partial charge in [-0.15, -0.1) is 0 Å². The van der Waals surface area contributed by atoms with Crippen LogP contribution in [0.1, 0.15) is 84.8 Å². The Bertz CT molecular complexity index is 941. The number of hydrogen-bond donors (Lipinski definition) is 1. The van der Waals surface area contributed by atoms with Crippen LogP contribution in [0.15, 0.2) is 54.3 Å². The summed E-state index contributed by atoms with van der Waals surface area (Å²) in [5, 5.41) is 14.0. The molecule has 1 fully saturated rings. The summed E-state index contributed by atoms with van der Waals surface area (Å²) in [5.74, 6) is 0.